The standard InChI is InChI=1S/C19H27N3O4S.ClH/c1-14(23)15-4-6-18(7-5-15)27(25,26)22-11-8-16(9-12-22)19(24)21-17-3-2-10-20-13-17;/h4-7,16-17,20H,2-3,8-13H2,1H3,(H,21,24);1H/t17-;/m0./s1. The molecule has 2 heterocycles. The summed E-state index contributed by atoms with van der Waals surface area (Å²) in [6.07, 6.45) is 3.10. The first kappa shape index (κ1) is 22.8. The average molecular weight is 430 g/mol. The van der Waals surface area contributed by atoms with Crippen LogP contribution in [0.3, 0.4) is 0 Å². The molecule has 28 heavy (non-hydrogen) atoms. The molecule has 2 N–H and O–H groups in total. The fraction of sp³-hybridized carbons (Fsp3) is 0.579. The molecule has 0 bridgehead atoms. The van der Waals surface area contributed by atoms with Crippen molar-refractivity contribution in [3.8, 4) is 0 Å². The van der Waals surface area contributed by atoms with Gasteiger partial charge in [-0.15, -0.1) is 12.4 Å². The number of hydrogen-bond donors (Lipinski definition) is 2. The summed E-state index contributed by atoms with van der Waals surface area (Å²) < 4.78 is 27.0. The highest BCUT2D eigenvalue weighted by Gasteiger charge is 2.32. The molecule has 1 aromatic rings. The van der Waals surface area contributed by atoms with Crippen LogP contribution in [0.1, 0.15) is 43.0 Å². The Bertz CT molecular complexity index is 784. The molecule has 1 aromatic carbocycles. The first-order valence-electron chi connectivity index (χ1n) is 9.50. The molecule has 0 spiro atoms. The van der Waals surface area contributed by atoms with Crippen LogP contribution in [-0.4, -0.2) is 56.6 Å². The highest BCUT2D eigenvalue weighted by molar-refractivity contribution is 7.89. The second kappa shape index (κ2) is 9.82. The third-order valence-corrected chi connectivity index (χ3v) is 7.28. The van der Waals surface area contributed by atoms with Gasteiger partial charge in [-0.05, 0) is 51.3 Å². The van der Waals surface area contributed by atoms with Gasteiger partial charge < -0.3 is 10.6 Å². The van der Waals surface area contributed by atoms with Crippen LogP contribution < -0.4 is 10.6 Å². The monoisotopic (exact) mass is 429 g/mol. The van der Waals surface area contributed by atoms with Crippen LogP contribution in [0.2, 0.25) is 0 Å². The lowest BCUT2D eigenvalue weighted by Crippen LogP contribution is -2.49. The van der Waals surface area contributed by atoms with Gasteiger partial charge in [0.2, 0.25) is 15.9 Å². The topological polar surface area (TPSA) is 95.6 Å². The van der Waals surface area contributed by atoms with Crippen molar-refractivity contribution in [1.29, 1.82) is 0 Å². The highest BCUT2D eigenvalue weighted by atomic mass is 35.5. The second-order valence-electron chi connectivity index (χ2n) is 7.31. The largest absolute Gasteiger partial charge is 0.352 e. The predicted octanol–water partition coefficient (Wildman–Crippen LogP) is 1.58. The average Bonchev–Trinajstić information content (AvgIpc) is 2.69. The minimum absolute atomic E-state index is 0. The predicted molar refractivity (Wildman–Crippen MR) is 109 cm³/mol. The van der Waals surface area contributed by atoms with E-state index in [1.54, 1.807) is 0 Å². The van der Waals surface area contributed by atoms with Crippen LogP contribution in [0.15, 0.2) is 29.2 Å². The van der Waals surface area contributed by atoms with Crippen molar-refractivity contribution >= 4 is 34.1 Å². The number of carbonyl (C=O) groups excluding carboxylic acids is 2. The van der Waals surface area contributed by atoms with Crippen LogP contribution in [0.25, 0.3) is 0 Å². The molecule has 2 aliphatic heterocycles. The van der Waals surface area contributed by atoms with E-state index < -0.39 is 10.0 Å². The second-order valence-corrected chi connectivity index (χ2v) is 9.25. The maximum atomic E-state index is 12.8. The summed E-state index contributed by atoms with van der Waals surface area (Å²) in [6, 6.07) is 6.19. The molecular formula is C19H28ClN3O4S. The Kier molecular flexibility index (Phi) is 8.00. The van der Waals surface area contributed by atoms with Gasteiger partial charge in [0.05, 0.1) is 4.90 Å². The summed E-state index contributed by atoms with van der Waals surface area (Å²) in [5, 5.41) is 6.37. The first-order valence-corrected chi connectivity index (χ1v) is 10.9. The van der Waals surface area contributed by atoms with Crippen molar-refractivity contribution in [3.05, 3.63) is 29.8 Å². The summed E-state index contributed by atoms with van der Waals surface area (Å²) in [4.78, 5) is 24.0. The number of carbonyl (C=O) groups is 2. The maximum Gasteiger partial charge on any atom is 0.243 e. The van der Waals surface area contributed by atoms with E-state index in [0.29, 0.717) is 31.5 Å². The third-order valence-electron chi connectivity index (χ3n) is 5.37. The van der Waals surface area contributed by atoms with Gasteiger partial charge in [-0.1, -0.05) is 12.1 Å². The Morgan fingerprint density at radius 1 is 1.11 bits per heavy atom. The lowest BCUT2D eigenvalue weighted by atomic mass is 9.96. The molecule has 156 valence electrons. The van der Waals surface area contributed by atoms with Crippen molar-refractivity contribution in [3.63, 3.8) is 0 Å². The summed E-state index contributed by atoms with van der Waals surface area (Å²) in [5.74, 6) is -0.205. The molecule has 1 atom stereocenters. The number of ketones is 1. The van der Waals surface area contributed by atoms with Gasteiger partial charge in [0.25, 0.3) is 0 Å². The van der Waals surface area contributed by atoms with Gasteiger partial charge in [0.15, 0.2) is 5.78 Å². The van der Waals surface area contributed by atoms with Crippen LogP contribution in [-0.2, 0) is 14.8 Å². The molecule has 2 saturated heterocycles. The fourth-order valence-electron chi connectivity index (χ4n) is 3.66. The Balaban J connectivity index is 0.00000280. The van der Waals surface area contributed by atoms with E-state index in [-0.39, 0.29) is 41.0 Å². The molecule has 3 rings (SSSR count). The van der Waals surface area contributed by atoms with E-state index in [0.717, 1.165) is 25.9 Å². The maximum absolute atomic E-state index is 12.8. The summed E-state index contributed by atoms with van der Waals surface area (Å²) in [6.45, 7) is 3.91. The van der Waals surface area contributed by atoms with E-state index in [2.05, 4.69) is 10.6 Å². The lowest BCUT2D eigenvalue weighted by molar-refractivity contribution is -0.126. The number of nitrogens with zero attached hydrogens (tertiary/aromatic N) is 1. The fourth-order valence-corrected chi connectivity index (χ4v) is 5.13. The molecular weight excluding hydrogens is 402 g/mol. The molecule has 0 unspecified atom stereocenters. The zero-order chi connectivity index (χ0) is 19.4. The number of Topliss-reactive ketones (excluding diaryl/α,β-unsaturated/α-hetero) is 1. The van der Waals surface area contributed by atoms with Crippen LogP contribution in [0, 0.1) is 5.92 Å². The van der Waals surface area contributed by atoms with Crippen molar-refractivity contribution in [1.82, 2.24) is 14.9 Å². The number of sulfonamides is 1. The van der Waals surface area contributed by atoms with Crippen LogP contribution in [0.5, 0.6) is 0 Å². The van der Waals surface area contributed by atoms with E-state index in [1.807, 2.05) is 0 Å². The number of halogens is 1. The van der Waals surface area contributed by atoms with Crippen molar-refractivity contribution in [2.75, 3.05) is 26.2 Å². The van der Waals surface area contributed by atoms with Gasteiger partial charge in [0.1, 0.15) is 0 Å². The minimum Gasteiger partial charge on any atom is -0.352 e. The van der Waals surface area contributed by atoms with Gasteiger partial charge in [0, 0.05) is 37.2 Å². The van der Waals surface area contributed by atoms with Gasteiger partial charge in [-0.25, -0.2) is 8.42 Å². The lowest BCUT2D eigenvalue weighted by Gasteiger charge is -2.32. The van der Waals surface area contributed by atoms with E-state index in [4.69, 9.17) is 0 Å². The molecule has 2 fully saturated rings. The molecule has 0 radical (unpaired) electrons. The molecule has 0 aromatic heterocycles. The number of rotatable bonds is 5. The summed E-state index contributed by atoms with van der Waals surface area (Å²) in [7, 11) is -3.60. The Labute approximate surface area is 172 Å². The normalized spacial score (nSPS) is 21.5. The molecule has 0 aliphatic carbocycles. The first-order chi connectivity index (χ1) is 12.9. The Morgan fingerprint density at radius 3 is 2.29 bits per heavy atom. The molecule has 2 aliphatic rings. The Morgan fingerprint density at radius 2 is 1.75 bits per heavy atom. The highest BCUT2D eigenvalue weighted by Crippen LogP contribution is 2.24. The smallest absolute Gasteiger partial charge is 0.243 e. The van der Waals surface area contributed by atoms with Gasteiger partial charge >= 0.3 is 0 Å². The van der Waals surface area contributed by atoms with Gasteiger partial charge in [-0.3, -0.25) is 9.59 Å². The molecule has 1 amide bonds. The van der Waals surface area contributed by atoms with Crippen molar-refractivity contribution in [2.24, 2.45) is 5.92 Å². The summed E-state index contributed by atoms with van der Waals surface area (Å²) in [5.41, 5.74) is 0.488. The van der Waals surface area contributed by atoms with E-state index >= 15 is 0 Å². The number of amides is 1. The van der Waals surface area contributed by atoms with Crippen LogP contribution >= 0.6 is 12.4 Å². The molecule has 7 nitrogen and oxygen atoms in total. The zero-order valence-electron chi connectivity index (χ0n) is 16.0. The number of hydrogen-bond acceptors (Lipinski definition) is 5. The minimum atomic E-state index is -3.60. The SMILES string of the molecule is CC(=O)c1ccc(S(=O)(=O)N2CCC(C(=O)N[C@H]3CCCNC3)CC2)cc1.Cl. The number of benzene rings is 1. The number of nitrogens with one attached hydrogen (secondary N) is 2. The molecule has 0 saturated carbocycles. The third kappa shape index (κ3) is 5.31. The number of piperidine rings is 2. The zero-order valence-corrected chi connectivity index (χ0v) is 17.7. The van der Waals surface area contributed by atoms with Crippen LogP contribution in [0.4, 0.5) is 0 Å². The Hall–Kier alpha value is -1.48. The van der Waals surface area contributed by atoms with E-state index in [9.17, 15) is 18.0 Å². The quantitative estimate of drug-likeness (QED) is 0.693. The van der Waals surface area contributed by atoms with Crippen molar-refractivity contribution < 1.29 is 18.0 Å². The van der Waals surface area contributed by atoms with Crippen molar-refractivity contribution in [2.45, 2.75) is 43.5 Å². The van der Waals surface area contributed by atoms with E-state index in [1.165, 1.54) is 35.5 Å². The molecule has 9 heteroatoms. The van der Waals surface area contributed by atoms with Gasteiger partial charge in [-0.2, -0.15) is 4.31 Å². The summed E-state index contributed by atoms with van der Waals surface area (Å²) >= 11 is 0.